The summed E-state index contributed by atoms with van der Waals surface area (Å²) in [6.45, 7) is 2.91. The van der Waals surface area contributed by atoms with Crippen molar-refractivity contribution in [3.8, 4) is 5.75 Å². The third-order valence-electron chi connectivity index (χ3n) is 4.35. The van der Waals surface area contributed by atoms with Crippen molar-refractivity contribution in [1.82, 2.24) is 4.90 Å². The maximum absolute atomic E-state index is 11.0. The Hall–Kier alpha value is -0.770. The van der Waals surface area contributed by atoms with E-state index in [1.54, 1.807) is 13.2 Å². The van der Waals surface area contributed by atoms with E-state index < -0.39 is 5.60 Å². The molecule has 104 valence electrons. The van der Waals surface area contributed by atoms with Crippen LogP contribution in [0.5, 0.6) is 5.75 Å². The van der Waals surface area contributed by atoms with Crippen LogP contribution in [-0.4, -0.2) is 35.7 Å². The highest BCUT2D eigenvalue weighted by Gasteiger charge is 2.47. The molecule has 2 unspecified atom stereocenters. The first-order valence-electron chi connectivity index (χ1n) is 6.85. The number of aliphatic hydroxyl groups is 1. The first-order valence-corrected chi connectivity index (χ1v) is 7.23. The molecule has 2 aliphatic rings. The normalized spacial score (nSPS) is 31.7. The van der Waals surface area contributed by atoms with Crippen molar-refractivity contribution in [2.45, 2.75) is 43.9 Å². The zero-order chi connectivity index (χ0) is 13.6. The van der Waals surface area contributed by atoms with Gasteiger partial charge in [0.05, 0.1) is 12.1 Å². The lowest BCUT2D eigenvalue weighted by Gasteiger charge is -2.24. The number of rotatable bonds is 3. The molecule has 1 aromatic carbocycles. The number of likely N-dealkylation sites (tertiary alicyclic amines) is 1. The van der Waals surface area contributed by atoms with Gasteiger partial charge in [-0.15, -0.1) is 0 Å². The van der Waals surface area contributed by atoms with Gasteiger partial charge in [0.1, 0.15) is 11.4 Å². The van der Waals surface area contributed by atoms with Gasteiger partial charge in [-0.05, 0) is 43.9 Å². The molecule has 3 nitrogen and oxygen atoms in total. The molecule has 4 heteroatoms. The Bertz CT molecular complexity index is 489. The molecule has 2 atom stereocenters. The van der Waals surface area contributed by atoms with E-state index in [4.69, 9.17) is 16.3 Å². The number of halogens is 1. The van der Waals surface area contributed by atoms with E-state index in [2.05, 4.69) is 11.8 Å². The topological polar surface area (TPSA) is 32.7 Å². The highest BCUT2D eigenvalue weighted by molar-refractivity contribution is 6.32. The van der Waals surface area contributed by atoms with Crippen LogP contribution in [0.15, 0.2) is 18.2 Å². The van der Waals surface area contributed by atoms with Gasteiger partial charge in [-0.3, -0.25) is 4.90 Å². The standard InChI is InChI=1S/C15H20ClNO2/c1-10-8-15(18,9-17(10)12-4-5-12)11-3-6-13(16)14(7-11)19-2/h3,6-7,10,12,18H,4-5,8-9H2,1-2H3. The van der Waals surface area contributed by atoms with Crippen molar-refractivity contribution < 1.29 is 9.84 Å². The van der Waals surface area contributed by atoms with Crippen molar-refractivity contribution in [3.05, 3.63) is 28.8 Å². The molecule has 19 heavy (non-hydrogen) atoms. The van der Waals surface area contributed by atoms with Crippen molar-refractivity contribution in [3.63, 3.8) is 0 Å². The summed E-state index contributed by atoms with van der Waals surface area (Å²) in [7, 11) is 1.60. The number of nitrogens with zero attached hydrogens (tertiary/aromatic N) is 1. The minimum absolute atomic E-state index is 0.430. The number of ether oxygens (including phenoxy) is 1. The number of hydrogen-bond acceptors (Lipinski definition) is 3. The lowest BCUT2D eigenvalue weighted by molar-refractivity contribution is 0.0449. The molecule has 1 saturated heterocycles. The fourth-order valence-electron chi connectivity index (χ4n) is 3.18. The quantitative estimate of drug-likeness (QED) is 0.925. The van der Waals surface area contributed by atoms with E-state index >= 15 is 0 Å². The summed E-state index contributed by atoms with van der Waals surface area (Å²) < 4.78 is 5.25. The Morgan fingerprint density at radius 3 is 2.79 bits per heavy atom. The van der Waals surface area contributed by atoms with Crippen molar-refractivity contribution in [2.24, 2.45) is 0 Å². The van der Waals surface area contributed by atoms with Gasteiger partial charge in [0, 0.05) is 18.6 Å². The molecular weight excluding hydrogens is 262 g/mol. The fraction of sp³-hybridized carbons (Fsp3) is 0.600. The van der Waals surface area contributed by atoms with E-state index in [1.165, 1.54) is 12.8 Å². The molecule has 0 bridgehead atoms. The van der Waals surface area contributed by atoms with E-state index in [1.807, 2.05) is 12.1 Å². The summed E-state index contributed by atoms with van der Waals surface area (Å²) in [5.41, 5.74) is 0.128. The van der Waals surface area contributed by atoms with Gasteiger partial charge in [-0.2, -0.15) is 0 Å². The Labute approximate surface area is 119 Å². The number of β-amino-alcohol motifs (C(OH)–C–C–N with tert-alkyl or cyclic N) is 1. The molecule has 1 N–H and O–H groups in total. The molecule has 2 fully saturated rings. The first-order chi connectivity index (χ1) is 9.03. The molecule has 1 aliphatic carbocycles. The van der Waals surface area contributed by atoms with Crippen LogP contribution in [0.25, 0.3) is 0 Å². The van der Waals surface area contributed by atoms with Gasteiger partial charge in [0.2, 0.25) is 0 Å². The SMILES string of the molecule is COc1cc(C2(O)CC(C)N(C3CC3)C2)ccc1Cl. The summed E-state index contributed by atoms with van der Waals surface area (Å²) >= 11 is 6.05. The molecule has 0 spiro atoms. The molecule has 1 heterocycles. The van der Waals surface area contributed by atoms with Crippen molar-refractivity contribution in [1.29, 1.82) is 0 Å². The molecule has 1 aliphatic heterocycles. The van der Waals surface area contributed by atoms with Gasteiger partial charge < -0.3 is 9.84 Å². The van der Waals surface area contributed by atoms with Crippen LogP contribution in [0.1, 0.15) is 31.7 Å². The largest absolute Gasteiger partial charge is 0.495 e. The third-order valence-corrected chi connectivity index (χ3v) is 4.66. The molecule has 3 rings (SSSR count). The second-order valence-electron chi connectivity index (χ2n) is 5.84. The number of hydrogen-bond donors (Lipinski definition) is 1. The highest BCUT2D eigenvalue weighted by atomic mass is 35.5. The Morgan fingerprint density at radius 1 is 1.42 bits per heavy atom. The predicted octanol–water partition coefficient (Wildman–Crippen LogP) is 2.79. The minimum Gasteiger partial charge on any atom is -0.495 e. The number of benzene rings is 1. The van der Waals surface area contributed by atoms with E-state index in [-0.39, 0.29) is 0 Å². The van der Waals surface area contributed by atoms with Gasteiger partial charge in [-0.25, -0.2) is 0 Å². The minimum atomic E-state index is -0.778. The van der Waals surface area contributed by atoms with E-state index in [9.17, 15) is 5.11 Å². The van der Waals surface area contributed by atoms with Crippen LogP contribution in [0.2, 0.25) is 5.02 Å². The highest BCUT2D eigenvalue weighted by Crippen LogP contribution is 2.43. The Kier molecular flexibility index (Phi) is 3.24. The average Bonchev–Trinajstić information content (AvgIpc) is 3.16. The van der Waals surface area contributed by atoms with E-state index in [0.717, 1.165) is 12.0 Å². The van der Waals surface area contributed by atoms with Gasteiger partial charge in [-0.1, -0.05) is 17.7 Å². The lowest BCUT2D eigenvalue weighted by Crippen LogP contribution is -2.33. The smallest absolute Gasteiger partial charge is 0.137 e. The summed E-state index contributed by atoms with van der Waals surface area (Å²) in [5.74, 6) is 0.630. The molecule has 1 saturated carbocycles. The van der Waals surface area contributed by atoms with Crippen LogP contribution < -0.4 is 4.74 Å². The van der Waals surface area contributed by atoms with Crippen molar-refractivity contribution >= 4 is 11.6 Å². The van der Waals surface area contributed by atoms with E-state index in [0.29, 0.717) is 29.4 Å². The maximum Gasteiger partial charge on any atom is 0.137 e. The monoisotopic (exact) mass is 281 g/mol. The summed E-state index contributed by atoms with van der Waals surface area (Å²) in [4.78, 5) is 2.43. The molecule has 0 aromatic heterocycles. The number of methoxy groups -OCH3 is 1. The Morgan fingerprint density at radius 2 is 2.16 bits per heavy atom. The van der Waals surface area contributed by atoms with Crippen LogP contribution in [-0.2, 0) is 5.60 Å². The zero-order valence-electron chi connectivity index (χ0n) is 11.4. The molecule has 0 radical (unpaired) electrons. The molecule has 0 amide bonds. The summed E-state index contributed by atoms with van der Waals surface area (Å²) in [6, 6.07) is 6.69. The fourth-order valence-corrected chi connectivity index (χ4v) is 3.38. The average molecular weight is 282 g/mol. The van der Waals surface area contributed by atoms with Crippen LogP contribution in [0.3, 0.4) is 0 Å². The predicted molar refractivity (Wildman–Crippen MR) is 75.7 cm³/mol. The second kappa shape index (κ2) is 4.65. The van der Waals surface area contributed by atoms with Gasteiger partial charge in [0.15, 0.2) is 0 Å². The maximum atomic E-state index is 11.0. The molecule has 1 aromatic rings. The first kappa shape index (κ1) is 13.2. The molecular formula is C15H20ClNO2. The van der Waals surface area contributed by atoms with Crippen LogP contribution in [0.4, 0.5) is 0 Å². The lowest BCUT2D eigenvalue weighted by atomic mass is 9.91. The second-order valence-corrected chi connectivity index (χ2v) is 6.24. The zero-order valence-corrected chi connectivity index (χ0v) is 12.2. The Balaban J connectivity index is 1.88. The van der Waals surface area contributed by atoms with Crippen LogP contribution in [0, 0.1) is 0 Å². The third kappa shape index (κ3) is 2.35. The van der Waals surface area contributed by atoms with Crippen LogP contribution >= 0.6 is 11.6 Å². The van der Waals surface area contributed by atoms with Gasteiger partial charge >= 0.3 is 0 Å². The summed E-state index contributed by atoms with van der Waals surface area (Å²) in [5, 5.41) is 11.5. The summed E-state index contributed by atoms with van der Waals surface area (Å²) in [6.07, 6.45) is 3.31. The van der Waals surface area contributed by atoms with Crippen molar-refractivity contribution in [2.75, 3.05) is 13.7 Å². The van der Waals surface area contributed by atoms with Gasteiger partial charge in [0.25, 0.3) is 0 Å².